The molecule has 0 saturated heterocycles. The summed E-state index contributed by atoms with van der Waals surface area (Å²) in [7, 11) is 0. The highest BCUT2D eigenvalue weighted by molar-refractivity contribution is 7.99. The summed E-state index contributed by atoms with van der Waals surface area (Å²) in [5.74, 6) is 0.763. The van der Waals surface area contributed by atoms with Crippen molar-refractivity contribution in [2.24, 2.45) is 0 Å². The molecule has 1 aliphatic rings. The quantitative estimate of drug-likeness (QED) is 0.800. The third kappa shape index (κ3) is 2.83. The van der Waals surface area contributed by atoms with Crippen molar-refractivity contribution in [3.63, 3.8) is 0 Å². The van der Waals surface area contributed by atoms with Crippen LogP contribution in [0.5, 0.6) is 0 Å². The molecule has 23 heavy (non-hydrogen) atoms. The maximum atomic E-state index is 8.90. The third-order valence-corrected chi connectivity index (χ3v) is 4.67. The van der Waals surface area contributed by atoms with E-state index in [-0.39, 0.29) is 0 Å². The summed E-state index contributed by atoms with van der Waals surface area (Å²) in [5, 5.41) is 17.4. The predicted molar refractivity (Wildman–Crippen MR) is 86.9 cm³/mol. The fourth-order valence-corrected chi connectivity index (χ4v) is 3.47. The Labute approximate surface area is 137 Å². The lowest BCUT2D eigenvalue weighted by Crippen LogP contribution is -1.86. The van der Waals surface area contributed by atoms with Crippen LogP contribution in [0.3, 0.4) is 0 Å². The number of hydrogen-bond acceptors (Lipinski definition) is 5. The lowest BCUT2D eigenvalue weighted by molar-refractivity contribution is 0.912. The first kappa shape index (κ1) is 14.0. The minimum Gasteiger partial charge on any atom is -0.258 e. The lowest BCUT2D eigenvalue weighted by atomic mass is 10.1. The number of nitriles is 1. The van der Waals surface area contributed by atoms with Gasteiger partial charge >= 0.3 is 0 Å². The first-order valence-electron chi connectivity index (χ1n) is 7.41. The number of rotatable bonds is 3. The van der Waals surface area contributed by atoms with Gasteiger partial charge in [-0.05, 0) is 60.4 Å². The molecule has 0 unspecified atom stereocenters. The summed E-state index contributed by atoms with van der Waals surface area (Å²) in [4.78, 5) is 8.75. The smallest absolute Gasteiger partial charge is 0.215 e. The van der Waals surface area contributed by atoms with Crippen molar-refractivity contribution in [3.05, 3.63) is 53.2 Å². The fraction of sp³-hybridized carbons (Fsp3) is 0.176. The average Bonchev–Trinajstić information content (AvgIpc) is 3.23. The van der Waals surface area contributed by atoms with Gasteiger partial charge in [-0.25, -0.2) is 9.97 Å². The Bertz CT molecular complexity index is 909. The molecule has 0 bridgehead atoms. The van der Waals surface area contributed by atoms with Crippen LogP contribution in [0.25, 0.3) is 11.4 Å². The van der Waals surface area contributed by atoms with Crippen molar-refractivity contribution in [2.45, 2.75) is 29.4 Å². The van der Waals surface area contributed by atoms with Crippen LogP contribution in [0.15, 0.2) is 46.6 Å². The fourth-order valence-electron chi connectivity index (χ4n) is 2.77. The zero-order valence-corrected chi connectivity index (χ0v) is 13.1. The van der Waals surface area contributed by atoms with Crippen molar-refractivity contribution < 1.29 is 0 Å². The van der Waals surface area contributed by atoms with Crippen molar-refractivity contribution in [3.8, 4) is 17.5 Å². The number of benzene rings is 1. The van der Waals surface area contributed by atoms with Crippen LogP contribution >= 0.6 is 11.8 Å². The number of hydrogen-bond donors (Lipinski definition) is 1. The third-order valence-electron chi connectivity index (χ3n) is 3.87. The van der Waals surface area contributed by atoms with Gasteiger partial charge in [-0.1, -0.05) is 18.2 Å². The number of fused-ring (bicyclic) bond motifs is 1. The van der Waals surface area contributed by atoms with E-state index in [0.717, 1.165) is 17.8 Å². The van der Waals surface area contributed by atoms with Gasteiger partial charge in [0.15, 0.2) is 5.82 Å². The molecule has 2 heterocycles. The van der Waals surface area contributed by atoms with Crippen molar-refractivity contribution in [2.75, 3.05) is 0 Å². The molecule has 0 aliphatic heterocycles. The van der Waals surface area contributed by atoms with Crippen LogP contribution in [-0.4, -0.2) is 20.2 Å². The van der Waals surface area contributed by atoms with Crippen LogP contribution < -0.4 is 0 Å². The molecule has 6 heteroatoms. The second-order valence-corrected chi connectivity index (χ2v) is 6.37. The molecule has 0 spiro atoms. The molecule has 4 rings (SSSR count). The molecule has 0 atom stereocenters. The summed E-state index contributed by atoms with van der Waals surface area (Å²) < 4.78 is 0. The first-order chi connectivity index (χ1) is 11.3. The molecule has 1 N–H and O–H groups in total. The highest BCUT2D eigenvalue weighted by Gasteiger charge is 2.14. The molecular formula is C17H13N5S. The molecule has 2 aromatic heterocycles. The molecule has 1 aromatic carbocycles. The van der Waals surface area contributed by atoms with E-state index in [1.54, 1.807) is 6.07 Å². The molecule has 0 fully saturated rings. The topological polar surface area (TPSA) is 78.2 Å². The second-order valence-electron chi connectivity index (χ2n) is 5.38. The number of pyridine rings is 1. The highest BCUT2D eigenvalue weighted by Crippen LogP contribution is 2.28. The number of nitrogens with zero attached hydrogens (tertiary/aromatic N) is 4. The Morgan fingerprint density at radius 1 is 1.09 bits per heavy atom. The first-order valence-corrected chi connectivity index (χ1v) is 8.23. The Kier molecular flexibility index (Phi) is 3.56. The molecular weight excluding hydrogens is 306 g/mol. The summed E-state index contributed by atoms with van der Waals surface area (Å²) in [6.07, 6.45) is 3.55. The minimum absolute atomic E-state index is 0.393. The molecule has 1 aliphatic carbocycles. The van der Waals surface area contributed by atoms with Crippen LogP contribution in [0.2, 0.25) is 0 Å². The van der Waals surface area contributed by atoms with Gasteiger partial charge in [0, 0.05) is 5.56 Å². The predicted octanol–water partition coefficient (Wildman–Crippen LogP) is 3.38. The lowest BCUT2D eigenvalue weighted by Gasteiger charge is -2.01. The van der Waals surface area contributed by atoms with E-state index in [0.29, 0.717) is 15.9 Å². The summed E-state index contributed by atoms with van der Waals surface area (Å²) in [6.45, 7) is 0. The van der Waals surface area contributed by atoms with E-state index >= 15 is 0 Å². The Balaban J connectivity index is 1.58. The second kappa shape index (κ2) is 5.86. The molecule has 0 saturated carbocycles. The van der Waals surface area contributed by atoms with Gasteiger partial charge in [0.05, 0.1) is 0 Å². The zero-order chi connectivity index (χ0) is 15.6. The number of aromatic nitrogens is 4. The minimum atomic E-state index is 0.393. The van der Waals surface area contributed by atoms with Gasteiger partial charge in [0.25, 0.3) is 0 Å². The Hall–Kier alpha value is -2.65. The SMILES string of the molecule is N#Cc1cccc(Sc2n[nH]c(-c3ccc4c(c3)CCC4)n2)n1. The molecule has 112 valence electrons. The van der Waals surface area contributed by atoms with E-state index in [1.165, 1.54) is 35.7 Å². The van der Waals surface area contributed by atoms with Gasteiger partial charge in [-0.3, -0.25) is 5.10 Å². The van der Waals surface area contributed by atoms with Gasteiger partial charge in [-0.2, -0.15) is 5.26 Å². The van der Waals surface area contributed by atoms with E-state index in [2.05, 4.69) is 38.4 Å². The van der Waals surface area contributed by atoms with Crippen LogP contribution in [0.4, 0.5) is 0 Å². The van der Waals surface area contributed by atoms with E-state index in [4.69, 9.17) is 5.26 Å². The zero-order valence-electron chi connectivity index (χ0n) is 12.3. The maximum absolute atomic E-state index is 8.90. The summed E-state index contributed by atoms with van der Waals surface area (Å²) in [6, 6.07) is 13.8. The standard InChI is InChI=1S/C17H13N5S/c18-10-14-5-2-6-15(19-14)23-17-20-16(21-22-17)13-8-7-11-3-1-4-12(11)9-13/h2,5-9H,1,3-4H2,(H,20,21,22). The van der Waals surface area contributed by atoms with Gasteiger partial charge in [0.1, 0.15) is 16.8 Å². The molecule has 3 aromatic rings. The van der Waals surface area contributed by atoms with Crippen molar-refractivity contribution in [1.29, 1.82) is 5.26 Å². The number of nitrogens with one attached hydrogen (secondary N) is 1. The normalized spacial score (nSPS) is 12.8. The van der Waals surface area contributed by atoms with Gasteiger partial charge in [-0.15, -0.1) is 5.10 Å². The summed E-state index contributed by atoms with van der Waals surface area (Å²) >= 11 is 1.34. The largest absolute Gasteiger partial charge is 0.258 e. The van der Waals surface area contributed by atoms with Crippen molar-refractivity contribution in [1.82, 2.24) is 20.2 Å². The number of aromatic amines is 1. The van der Waals surface area contributed by atoms with E-state index in [9.17, 15) is 0 Å². The Morgan fingerprint density at radius 2 is 2.00 bits per heavy atom. The van der Waals surface area contributed by atoms with Crippen molar-refractivity contribution >= 4 is 11.8 Å². The highest BCUT2D eigenvalue weighted by atomic mass is 32.2. The molecule has 5 nitrogen and oxygen atoms in total. The van der Waals surface area contributed by atoms with Gasteiger partial charge in [0.2, 0.25) is 5.16 Å². The molecule has 0 radical (unpaired) electrons. The number of aryl methyl sites for hydroxylation is 2. The Morgan fingerprint density at radius 3 is 2.91 bits per heavy atom. The van der Waals surface area contributed by atoms with Crippen LogP contribution in [0, 0.1) is 11.3 Å². The van der Waals surface area contributed by atoms with E-state index in [1.807, 2.05) is 18.2 Å². The number of H-pyrrole nitrogens is 1. The summed E-state index contributed by atoms with van der Waals surface area (Å²) in [5.41, 5.74) is 4.31. The van der Waals surface area contributed by atoms with E-state index < -0.39 is 0 Å². The van der Waals surface area contributed by atoms with Crippen LogP contribution in [-0.2, 0) is 12.8 Å². The average molecular weight is 319 g/mol. The monoisotopic (exact) mass is 319 g/mol. The van der Waals surface area contributed by atoms with Crippen LogP contribution in [0.1, 0.15) is 23.2 Å². The van der Waals surface area contributed by atoms with Gasteiger partial charge < -0.3 is 0 Å². The molecule has 0 amide bonds. The maximum Gasteiger partial charge on any atom is 0.215 e.